The highest BCUT2D eigenvalue weighted by Crippen LogP contribution is 2.53. The lowest BCUT2D eigenvalue weighted by Gasteiger charge is -2.43. The number of nitrogens with one attached hydrogen (secondary N) is 2. The summed E-state index contributed by atoms with van der Waals surface area (Å²) in [6, 6.07) is 17.7. The van der Waals surface area contributed by atoms with E-state index in [0.29, 0.717) is 46.6 Å². The Balaban J connectivity index is 0.786. The lowest BCUT2D eigenvalue weighted by molar-refractivity contribution is 0.0853. The Hall–Kier alpha value is -4.46. The highest BCUT2D eigenvalue weighted by Gasteiger charge is 2.36. The minimum Gasteiger partial charge on any atom is -0.369 e. The van der Waals surface area contributed by atoms with Gasteiger partial charge in [-0.2, -0.15) is 9.97 Å². The second-order valence-corrected chi connectivity index (χ2v) is 16.4. The van der Waals surface area contributed by atoms with Crippen molar-refractivity contribution in [2.24, 2.45) is 0 Å². The SMILES string of the molecule is CCCC(C)c1ccc(CCN2CCN(C3CCN(c4ccc(Nc5nc(N6SN7CCc8cccc6c87)c6cc[nH]c6n5)cc4F)CC3)CC2)c(F)c1F. The summed E-state index contributed by atoms with van der Waals surface area (Å²) in [4.78, 5) is 20.0. The van der Waals surface area contributed by atoms with Gasteiger partial charge < -0.3 is 20.1 Å². The third-order valence-corrected chi connectivity index (χ3v) is 13.1. The Kier molecular flexibility index (Phi) is 10.0. The van der Waals surface area contributed by atoms with Gasteiger partial charge in [0.1, 0.15) is 11.5 Å². The zero-order valence-electron chi connectivity index (χ0n) is 31.5. The molecular weight excluding hydrogens is 720 g/mol. The average Bonchev–Trinajstić information content (AvgIpc) is 3.95. The zero-order valence-corrected chi connectivity index (χ0v) is 32.3. The van der Waals surface area contributed by atoms with Crippen molar-refractivity contribution >= 4 is 57.7 Å². The quantitative estimate of drug-likeness (QED) is 0.128. The van der Waals surface area contributed by atoms with E-state index in [1.54, 1.807) is 24.3 Å². The molecular formula is C42H48F3N9S. The molecule has 5 aromatic rings. The number of para-hydroxylation sites is 1. The van der Waals surface area contributed by atoms with Crippen LogP contribution in [0.4, 0.5) is 47.7 Å². The number of fused-ring (bicyclic) bond motifs is 1. The summed E-state index contributed by atoms with van der Waals surface area (Å²) in [6.45, 7) is 11.0. The summed E-state index contributed by atoms with van der Waals surface area (Å²) in [7, 11) is 0. The molecule has 0 bridgehead atoms. The van der Waals surface area contributed by atoms with E-state index in [-0.39, 0.29) is 11.7 Å². The molecule has 4 aliphatic rings. The van der Waals surface area contributed by atoms with Gasteiger partial charge in [0.05, 0.1) is 34.6 Å². The molecule has 288 valence electrons. The Morgan fingerprint density at radius 1 is 0.909 bits per heavy atom. The van der Waals surface area contributed by atoms with Crippen molar-refractivity contribution < 1.29 is 13.2 Å². The monoisotopic (exact) mass is 767 g/mol. The van der Waals surface area contributed by atoms with E-state index < -0.39 is 11.6 Å². The number of piperidine rings is 1. The van der Waals surface area contributed by atoms with Gasteiger partial charge in [0.25, 0.3) is 0 Å². The maximum atomic E-state index is 15.7. The van der Waals surface area contributed by atoms with Crippen molar-refractivity contribution in [1.29, 1.82) is 0 Å². The molecule has 1 atom stereocenters. The predicted octanol–water partition coefficient (Wildman–Crippen LogP) is 8.93. The van der Waals surface area contributed by atoms with Gasteiger partial charge in [0.15, 0.2) is 17.5 Å². The fraction of sp³-hybridized carbons (Fsp3) is 0.429. The van der Waals surface area contributed by atoms with Crippen LogP contribution < -0.4 is 18.8 Å². The van der Waals surface area contributed by atoms with Gasteiger partial charge in [-0.05, 0) is 85.0 Å². The Labute approximate surface area is 325 Å². The topological polar surface area (TPSA) is 69.8 Å². The fourth-order valence-corrected chi connectivity index (χ4v) is 10.0. The van der Waals surface area contributed by atoms with E-state index >= 15 is 4.39 Å². The van der Waals surface area contributed by atoms with Crippen LogP contribution in [-0.2, 0) is 12.8 Å². The molecule has 2 fully saturated rings. The van der Waals surface area contributed by atoms with Gasteiger partial charge in [-0.15, -0.1) is 0 Å². The minimum absolute atomic E-state index is 0.0186. The Morgan fingerprint density at radius 3 is 2.55 bits per heavy atom. The van der Waals surface area contributed by atoms with Crippen LogP contribution in [0.15, 0.2) is 60.8 Å². The molecule has 0 aliphatic carbocycles. The largest absolute Gasteiger partial charge is 0.369 e. The maximum absolute atomic E-state index is 15.7. The van der Waals surface area contributed by atoms with Crippen LogP contribution in [0.5, 0.6) is 0 Å². The van der Waals surface area contributed by atoms with Crippen molar-refractivity contribution in [2.75, 3.05) is 71.2 Å². The van der Waals surface area contributed by atoms with Gasteiger partial charge in [-0.1, -0.05) is 44.5 Å². The summed E-state index contributed by atoms with van der Waals surface area (Å²) < 4.78 is 50.0. The molecule has 6 heterocycles. The lowest BCUT2D eigenvalue weighted by atomic mass is 9.94. The number of aromatic amines is 1. The van der Waals surface area contributed by atoms with E-state index in [0.717, 1.165) is 101 Å². The van der Waals surface area contributed by atoms with Crippen molar-refractivity contribution in [1.82, 2.24) is 24.8 Å². The standard InChI is InChI=1S/C42H48F3N9S/c1-3-5-27(2)32-10-8-28(37(44)38(32)45)13-18-50-22-24-51(25-23-50)31-15-19-52(20-16-31)35-11-9-30(26-34(35)43)47-42-48-40-33(12-17-46-40)41(49-42)54-36-7-4-6-29-14-21-53(55-54)39(29)36/h4,6-12,17,26-27,31H,3,5,13-16,18-25H2,1-2H3,(H2,46,47,48,49). The average molecular weight is 768 g/mol. The molecule has 0 radical (unpaired) electrons. The first-order valence-corrected chi connectivity index (χ1v) is 20.5. The van der Waals surface area contributed by atoms with E-state index in [1.807, 2.05) is 31.3 Å². The predicted molar refractivity (Wildman–Crippen MR) is 217 cm³/mol. The number of rotatable bonds is 11. The first-order valence-electron chi connectivity index (χ1n) is 19.8. The number of anilines is 6. The summed E-state index contributed by atoms with van der Waals surface area (Å²) in [6.07, 6.45) is 7.15. The van der Waals surface area contributed by atoms with Gasteiger partial charge in [-0.25, -0.2) is 17.5 Å². The number of H-pyrrole nitrogens is 1. The van der Waals surface area contributed by atoms with Crippen LogP contribution >= 0.6 is 12.1 Å². The molecule has 9 nitrogen and oxygen atoms in total. The number of aromatic nitrogens is 3. The first kappa shape index (κ1) is 36.2. The number of piperazine rings is 1. The van der Waals surface area contributed by atoms with Crippen LogP contribution in [0.1, 0.15) is 62.1 Å². The van der Waals surface area contributed by atoms with Crippen molar-refractivity contribution in [3.63, 3.8) is 0 Å². The molecule has 1 unspecified atom stereocenters. The van der Waals surface area contributed by atoms with Crippen LogP contribution in [-0.4, -0.2) is 83.2 Å². The molecule has 2 saturated heterocycles. The lowest BCUT2D eigenvalue weighted by Crippen LogP contribution is -2.53. The number of nitrogens with zero attached hydrogens (tertiary/aromatic N) is 7. The normalized spacial score (nSPS) is 18.5. The highest BCUT2D eigenvalue weighted by molar-refractivity contribution is 8.02. The Bertz CT molecular complexity index is 2180. The molecule has 0 spiro atoms. The van der Waals surface area contributed by atoms with Crippen molar-refractivity contribution in [3.8, 4) is 0 Å². The molecule has 2 aromatic heterocycles. The molecule has 55 heavy (non-hydrogen) atoms. The second-order valence-electron chi connectivity index (χ2n) is 15.4. The molecule has 3 aromatic carbocycles. The number of hydrogen-bond donors (Lipinski definition) is 2. The molecule has 4 aliphatic heterocycles. The van der Waals surface area contributed by atoms with Crippen molar-refractivity contribution in [2.45, 2.75) is 64.3 Å². The van der Waals surface area contributed by atoms with E-state index in [1.165, 1.54) is 17.3 Å². The smallest absolute Gasteiger partial charge is 0.231 e. The highest BCUT2D eigenvalue weighted by atomic mass is 32.2. The minimum atomic E-state index is -0.681. The van der Waals surface area contributed by atoms with Gasteiger partial charge in [0.2, 0.25) is 5.95 Å². The number of halogens is 3. The fourth-order valence-electron chi connectivity index (χ4n) is 8.92. The third-order valence-electron chi connectivity index (χ3n) is 12.0. The zero-order chi connectivity index (χ0) is 37.6. The molecule has 0 amide bonds. The summed E-state index contributed by atoms with van der Waals surface area (Å²) in [5.74, 6) is -0.421. The summed E-state index contributed by atoms with van der Waals surface area (Å²) in [5, 5.41) is 4.20. The maximum Gasteiger partial charge on any atom is 0.231 e. The molecule has 9 rings (SSSR count). The molecule has 2 N–H and O–H groups in total. The van der Waals surface area contributed by atoms with Crippen LogP contribution in [0.3, 0.4) is 0 Å². The van der Waals surface area contributed by atoms with Crippen LogP contribution in [0.25, 0.3) is 11.0 Å². The Morgan fingerprint density at radius 2 is 1.75 bits per heavy atom. The molecule has 0 saturated carbocycles. The summed E-state index contributed by atoms with van der Waals surface area (Å²) >= 11 is 1.65. The molecule has 13 heteroatoms. The van der Waals surface area contributed by atoms with Crippen molar-refractivity contribution in [3.05, 3.63) is 94.9 Å². The number of benzene rings is 3. The van der Waals surface area contributed by atoms with E-state index in [9.17, 15) is 8.78 Å². The summed E-state index contributed by atoms with van der Waals surface area (Å²) in [5.41, 5.74) is 6.60. The van der Waals surface area contributed by atoms with Gasteiger partial charge in [-0.3, -0.25) is 9.21 Å². The van der Waals surface area contributed by atoms with Crippen LogP contribution in [0.2, 0.25) is 0 Å². The van der Waals surface area contributed by atoms with Gasteiger partial charge in [0, 0.05) is 70.3 Å². The van der Waals surface area contributed by atoms with E-state index in [4.69, 9.17) is 9.97 Å². The number of hydrogen-bond acceptors (Lipinski definition) is 9. The van der Waals surface area contributed by atoms with Crippen LogP contribution in [0, 0.1) is 17.5 Å². The first-order chi connectivity index (χ1) is 26.8. The third kappa shape index (κ3) is 6.99. The van der Waals surface area contributed by atoms with E-state index in [2.05, 4.69) is 58.7 Å². The van der Waals surface area contributed by atoms with Gasteiger partial charge >= 0.3 is 0 Å². The second kappa shape index (κ2) is 15.2.